The lowest BCUT2D eigenvalue weighted by Crippen LogP contribution is -2.04. The van der Waals surface area contributed by atoms with Gasteiger partial charge in [-0.05, 0) is 30.9 Å². The maximum absolute atomic E-state index is 5.55. The highest BCUT2D eigenvalue weighted by atomic mass is 16.3. The Morgan fingerprint density at radius 3 is 3.06 bits per heavy atom. The lowest BCUT2D eigenvalue weighted by atomic mass is 10.0. The van der Waals surface area contributed by atoms with Crippen LogP contribution in [0.25, 0.3) is 11.2 Å². The number of aromatic nitrogens is 4. The highest BCUT2D eigenvalue weighted by Crippen LogP contribution is 2.45. The van der Waals surface area contributed by atoms with Crippen molar-refractivity contribution in [2.45, 2.75) is 18.8 Å². The van der Waals surface area contributed by atoms with Crippen molar-refractivity contribution in [3.63, 3.8) is 0 Å². The topological polar surface area (TPSA) is 67.6 Å². The first-order valence-corrected chi connectivity index (χ1v) is 6.11. The van der Waals surface area contributed by atoms with Crippen molar-refractivity contribution in [3.8, 4) is 0 Å². The van der Waals surface area contributed by atoms with Crippen LogP contribution in [0.4, 0.5) is 0 Å². The molecule has 0 aliphatic heterocycles. The molecule has 0 aromatic carbocycles. The predicted octanol–water partition coefficient (Wildman–Crippen LogP) is 2.49. The Labute approximate surface area is 103 Å². The van der Waals surface area contributed by atoms with Crippen LogP contribution in [0.5, 0.6) is 0 Å². The summed E-state index contributed by atoms with van der Waals surface area (Å²) < 4.78 is 5.55. The van der Waals surface area contributed by atoms with Gasteiger partial charge in [-0.3, -0.25) is 0 Å². The highest BCUT2D eigenvalue weighted by molar-refractivity contribution is 5.69. The number of imidazole rings is 1. The number of hydrogen-bond acceptors (Lipinski definition) is 4. The Morgan fingerprint density at radius 1 is 1.39 bits per heavy atom. The van der Waals surface area contributed by atoms with Gasteiger partial charge in [0.05, 0.1) is 18.4 Å². The molecule has 1 saturated carbocycles. The molecule has 1 atom stereocenters. The Balaban J connectivity index is 1.83. The van der Waals surface area contributed by atoms with E-state index >= 15 is 0 Å². The van der Waals surface area contributed by atoms with E-state index in [2.05, 4.69) is 19.9 Å². The summed E-state index contributed by atoms with van der Waals surface area (Å²) in [7, 11) is 0. The van der Waals surface area contributed by atoms with Crippen LogP contribution < -0.4 is 0 Å². The highest BCUT2D eigenvalue weighted by Gasteiger charge is 2.37. The van der Waals surface area contributed by atoms with E-state index in [1.807, 2.05) is 12.1 Å². The molecule has 3 heterocycles. The van der Waals surface area contributed by atoms with E-state index in [-0.39, 0.29) is 5.92 Å². The van der Waals surface area contributed by atoms with Gasteiger partial charge in [0.25, 0.3) is 0 Å². The van der Waals surface area contributed by atoms with E-state index in [4.69, 9.17) is 4.42 Å². The molecule has 5 nitrogen and oxygen atoms in total. The zero-order valence-corrected chi connectivity index (χ0v) is 9.71. The molecule has 90 valence electrons. The van der Waals surface area contributed by atoms with Crippen molar-refractivity contribution in [1.29, 1.82) is 0 Å². The molecule has 4 rings (SSSR count). The smallest absolute Gasteiger partial charge is 0.180 e. The Hall–Kier alpha value is -2.17. The zero-order valence-electron chi connectivity index (χ0n) is 9.71. The molecule has 0 radical (unpaired) electrons. The number of nitrogens with one attached hydrogen (secondary N) is 1. The van der Waals surface area contributed by atoms with Crippen molar-refractivity contribution >= 4 is 11.2 Å². The van der Waals surface area contributed by atoms with Crippen LogP contribution in [0, 0.1) is 5.92 Å². The first-order chi connectivity index (χ1) is 8.92. The van der Waals surface area contributed by atoms with Gasteiger partial charge in [-0.25, -0.2) is 15.0 Å². The zero-order chi connectivity index (χ0) is 11.9. The number of furan rings is 1. The molecule has 1 fully saturated rings. The van der Waals surface area contributed by atoms with Crippen LogP contribution in [0.15, 0.2) is 35.3 Å². The normalized spacial score (nSPS) is 17.1. The molecule has 5 heteroatoms. The van der Waals surface area contributed by atoms with E-state index < -0.39 is 0 Å². The molecule has 18 heavy (non-hydrogen) atoms. The standard InChI is InChI=1S/C13H12N4O/c1-2-10(18-5-1)11(8-3-4-8)13-16-9-6-14-7-15-12(9)17-13/h1-2,5-8,11H,3-4H2,(H,14,15,16,17). The van der Waals surface area contributed by atoms with Gasteiger partial charge in [-0.1, -0.05) is 0 Å². The fourth-order valence-electron chi connectivity index (χ4n) is 2.42. The summed E-state index contributed by atoms with van der Waals surface area (Å²) in [5.41, 5.74) is 1.60. The lowest BCUT2D eigenvalue weighted by Gasteiger charge is -2.09. The van der Waals surface area contributed by atoms with E-state index in [0.717, 1.165) is 22.7 Å². The van der Waals surface area contributed by atoms with Crippen LogP contribution in [0.3, 0.4) is 0 Å². The lowest BCUT2D eigenvalue weighted by molar-refractivity contribution is 0.458. The van der Waals surface area contributed by atoms with Crippen LogP contribution in [-0.2, 0) is 0 Å². The van der Waals surface area contributed by atoms with Crippen molar-refractivity contribution < 1.29 is 4.42 Å². The molecule has 1 N–H and O–H groups in total. The summed E-state index contributed by atoms with van der Waals surface area (Å²) >= 11 is 0. The van der Waals surface area contributed by atoms with Gasteiger partial charge in [0.2, 0.25) is 0 Å². The largest absolute Gasteiger partial charge is 0.469 e. The number of aromatic amines is 1. The minimum Gasteiger partial charge on any atom is -0.469 e. The van der Waals surface area contributed by atoms with Gasteiger partial charge in [0, 0.05) is 0 Å². The quantitative estimate of drug-likeness (QED) is 0.763. The van der Waals surface area contributed by atoms with Crippen LogP contribution in [-0.4, -0.2) is 19.9 Å². The Morgan fingerprint density at radius 2 is 2.33 bits per heavy atom. The van der Waals surface area contributed by atoms with Gasteiger partial charge in [-0.2, -0.15) is 0 Å². The van der Waals surface area contributed by atoms with E-state index in [1.165, 1.54) is 19.2 Å². The van der Waals surface area contributed by atoms with Crippen LogP contribution in [0.1, 0.15) is 30.3 Å². The van der Waals surface area contributed by atoms with Crippen molar-refractivity contribution in [3.05, 3.63) is 42.5 Å². The molecule has 0 spiro atoms. The Kier molecular flexibility index (Phi) is 2.00. The first-order valence-electron chi connectivity index (χ1n) is 6.11. The second kappa shape index (κ2) is 3.66. The van der Waals surface area contributed by atoms with Crippen molar-refractivity contribution in [2.24, 2.45) is 5.92 Å². The third-order valence-corrected chi connectivity index (χ3v) is 3.42. The maximum atomic E-state index is 5.55. The second-order valence-electron chi connectivity index (χ2n) is 4.71. The summed E-state index contributed by atoms with van der Waals surface area (Å²) in [5, 5.41) is 0. The fourth-order valence-corrected chi connectivity index (χ4v) is 2.42. The van der Waals surface area contributed by atoms with Gasteiger partial charge in [0.15, 0.2) is 5.65 Å². The average Bonchev–Trinajstić information content (AvgIpc) is 2.92. The fraction of sp³-hybridized carbons (Fsp3) is 0.308. The van der Waals surface area contributed by atoms with Gasteiger partial charge in [0.1, 0.15) is 23.4 Å². The molecule has 0 amide bonds. The van der Waals surface area contributed by atoms with Crippen molar-refractivity contribution in [1.82, 2.24) is 19.9 Å². The molecule has 3 aromatic heterocycles. The molecule has 1 unspecified atom stereocenters. The summed E-state index contributed by atoms with van der Waals surface area (Å²) in [6, 6.07) is 3.94. The number of fused-ring (bicyclic) bond motifs is 1. The predicted molar refractivity (Wildman–Crippen MR) is 65.0 cm³/mol. The summed E-state index contributed by atoms with van der Waals surface area (Å²) in [6.45, 7) is 0. The molecule has 0 bridgehead atoms. The molecule has 1 aliphatic rings. The Bertz CT molecular complexity index is 636. The maximum Gasteiger partial charge on any atom is 0.180 e. The number of rotatable bonds is 3. The second-order valence-corrected chi connectivity index (χ2v) is 4.71. The van der Waals surface area contributed by atoms with Gasteiger partial charge >= 0.3 is 0 Å². The first kappa shape index (κ1) is 9.82. The SMILES string of the molecule is c1coc(C(c2nc3ncncc3[nH]2)C2CC2)c1. The molecular formula is C13H12N4O. The monoisotopic (exact) mass is 240 g/mol. The number of nitrogens with zero attached hydrogens (tertiary/aromatic N) is 3. The molecule has 1 aliphatic carbocycles. The third kappa shape index (κ3) is 1.51. The van der Waals surface area contributed by atoms with Crippen LogP contribution >= 0.6 is 0 Å². The molecule has 0 saturated heterocycles. The van der Waals surface area contributed by atoms with E-state index in [1.54, 1.807) is 12.5 Å². The van der Waals surface area contributed by atoms with Crippen LogP contribution in [0.2, 0.25) is 0 Å². The summed E-state index contributed by atoms with van der Waals surface area (Å²) in [6.07, 6.45) is 7.45. The molecule has 3 aromatic rings. The van der Waals surface area contributed by atoms with Crippen molar-refractivity contribution in [2.75, 3.05) is 0 Å². The van der Waals surface area contributed by atoms with Gasteiger partial charge < -0.3 is 9.40 Å². The minimum atomic E-state index is 0.217. The van der Waals surface area contributed by atoms with Gasteiger partial charge in [-0.15, -0.1) is 0 Å². The summed E-state index contributed by atoms with van der Waals surface area (Å²) in [5.74, 6) is 2.76. The van der Waals surface area contributed by atoms with E-state index in [9.17, 15) is 0 Å². The molecular weight excluding hydrogens is 228 g/mol. The van der Waals surface area contributed by atoms with E-state index in [0.29, 0.717) is 5.92 Å². The summed E-state index contributed by atoms with van der Waals surface area (Å²) in [4.78, 5) is 16.0. The number of hydrogen-bond donors (Lipinski definition) is 1. The third-order valence-electron chi connectivity index (χ3n) is 3.42. The minimum absolute atomic E-state index is 0.217. The number of H-pyrrole nitrogens is 1. The average molecular weight is 240 g/mol.